The van der Waals surface area contributed by atoms with Gasteiger partial charge in [-0.05, 0) is 17.9 Å². The molecule has 1 aromatic heterocycles. The SMILES string of the molecule is CC(C)[C@@H](Cc1ccccc1)c1nccs1. The van der Waals surface area contributed by atoms with Gasteiger partial charge in [0.25, 0.3) is 0 Å². The fourth-order valence-electron chi connectivity index (χ4n) is 1.89. The van der Waals surface area contributed by atoms with Crippen molar-refractivity contribution in [2.75, 3.05) is 0 Å². The molecule has 0 bridgehead atoms. The summed E-state index contributed by atoms with van der Waals surface area (Å²) in [5.74, 6) is 1.17. The number of rotatable bonds is 4. The second-order valence-electron chi connectivity index (χ2n) is 4.41. The summed E-state index contributed by atoms with van der Waals surface area (Å²) < 4.78 is 0. The number of hydrogen-bond donors (Lipinski definition) is 0. The van der Waals surface area contributed by atoms with E-state index in [4.69, 9.17) is 0 Å². The highest BCUT2D eigenvalue weighted by Crippen LogP contribution is 2.29. The molecule has 0 saturated heterocycles. The molecule has 0 unspecified atom stereocenters. The minimum absolute atomic E-state index is 0.544. The monoisotopic (exact) mass is 231 g/mol. The summed E-state index contributed by atoms with van der Waals surface area (Å²) in [6, 6.07) is 10.7. The standard InChI is InChI=1S/C14H17NS/c1-11(2)13(14-15-8-9-16-14)10-12-6-4-3-5-7-12/h3-9,11,13H,10H2,1-2H3/t13-/m1/s1. The zero-order valence-corrected chi connectivity index (χ0v) is 10.6. The van der Waals surface area contributed by atoms with Crippen molar-refractivity contribution in [2.45, 2.75) is 26.2 Å². The van der Waals surface area contributed by atoms with Crippen LogP contribution in [0.5, 0.6) is 0 Å². The average Bonchev–Trinajstić information content (AvgIpc) is 2.80. The summed E-state index contributed by atoms with van der Waals surface area (Å²) in [7, 11) is 0. The molecule has 1 aromatic carbocycles. The van der Waals surface area contributed by atoms with Crippen LogP contribution in [0.2, 0.25) is 0 Å². The Labute approximate surface area is 101 Å². The van der Waals surface area contributed by atoms with Gasteiger partial charge in [-0.3, -0.25) is 0 Å². The Morgan fingerprint density at radius 3 is 2.50 bits per heavy atom. The van der Waals surface area contributed by atoms with Gasteiger partial charge < -0.3 is 0 Å². The van der Waals surface area contributed by atoms with Crippen LogP contribution in [0, 0.1) is 5.92 Å². The molecule has 16 heavy (non-hydrogen) atoms. The van der Waals surface area contributed by atoms with E-state index in [1.165, 1.54) is 10.6 Å². The Hall–Kier alpha value is -1.15. The van der Waals surface area contributed by atoms with Crippen LogP contribution in [-0.4, -0.2) is 4.98 Å². The van der Waals surface area contributed by atoms with Crippen molar-refractivity contribution in [2.24, 2.45) is 5.92 Å². The molecule has 0 N–H and O–H groups in total. The topological polar surface area (TPSA) is 12.9 Å². The van der Waals surface area contributed by atoms with Gasteiger partial charge in [-0.2, -0.15) is 0 Å². The normalized spacial score (nSPS) is 12.9. The quantitative estimate of drug-likeness (QED) is 0.771. The Morgan fingerprint density at radius 1 is 1.19 bits per heavy atom. The zero-order chi connectivity index (χ0) is 11.4. The van der Waals surface area contributed by atoms with E-state index in [1.807, 2.05) is 6.20 Å². The molecule has 2 aromatic rings. The van der Waals surface area contributed by atoms with Gasteiger partial charge in [0, 0.05) is 17.5 Å². The largest absolute Gasteiger partial charge is 0.249 e. The molecule has 0 aliphatic rings. The van der Waals surface area contributed by atoms with Gasteiger partial charge in [-0.1, -0.05) is 44.2 Å². The van der Waals surface area contributed by atoms with Gasteiger partial charge in [0.1, 0.15) is 0 Å². The zero-order valence-electron chi connectivity index (χ0n) is 9.76. The lowest BCUT2D eigenvalue weighted by Crippen LogP contribution is -2.09. The van der Waals surface area contributed by atoms with Crippen LogP contribution in [0.4, 0.5) is 0 Å². The summed E-state index contributed by atoms with van der Waals surface area (Å²) in [6.45, 7) is 4.55. The van der Waals surface area contributed by atoms with Crippen molar-refractivity contribution in [1.82, 2.24) is 4.98 Å². The summed E-state index contributed by atoms with van der Waals surface area (Å²) in [5, 5.41) is 3.33. The van der Waals surface area contributed by atoms with Crippen molar-refractivity contribution < 1.29 is 0 Å². The molecular weight excluding hydrogens is 214 g/mol. The average molecular weight is 231 g/mol. The van der Waals surface area contributed by atoms with Crippen molar-refractivity contribution in [3.63, 3.8) is 0 Å². The lowest BCUT2D eigenvalue weighted by Gasteiger charge is -2.18. The molecule has 0 amide bonds. The number of benzene rings is 1. The fourth-order valence-corrected chi connectivity index (χ4v) is 2.81. The maximum absolute atomic E-state index is 4.45. The molecule has 0 spiro atoms. The Bertz CT molecular complexity index is 406. The Balaban J connectivity index is 2.16. The molecule has 0 radical (unpaired) electrons. The van der Waals surface area contributed by atoms with Gasteiger partial charge in [-0.15, -0.1) is 11.3 Å². The minimum atomic E-state index is 0.544. The van der Waals surface area contributed by atoms with Crippen molar-refractivity contribution in [3.05, 3.63) is 52.5 Å². The number of hydrogen-bond acceptors (Lipinski definition) is 2. The van der Waals surface area contributed by atoms with Gasteiger partial charge in [-0.25, -0.2) is 4.98 Å². The van der Waals surface area contributed by atoms with E-state index in [1.54, 1.807) is 11.3 Å². The van der Waals surface area contributed by atoms with Crippen LogP contribution < -0.4 is 0 Å². The summed E-state index contributed by atoms with van der Waals surface area (Å²) in [5.41, 5.74) is 1.40. The predicted octanol–water partition coefficient (Wildman–Crippen LogP) is 4.13. The summed E-state index contributed by atoms with van der Waals surface area (Å²) >= 11 is 1.77. The maximum Gasteiger partial charge on any atom is 0.0961 e. The fraction of sp³-hybridized carbons (Fsp3) is 0.357. The van der Waals surface area contributed by atoms with Gasteiger partial charge >= 0.3 is 0 Å². The first-order valence-corrected chi connectivity index (χ1v) is 6.58. The molecule has 0 aliphatic carbocycles. The number of aromatic nitrogens is 1. The lowest BCUT2D eigenvalue weighted by molar-refractivity contribution is 0.493. The molecule has 2 heteroatoms. The first-order chi connectivity index (χ1) is 7.77. The van der Waals surface area contributed by atoms with Crippen molar-refractivity contribution in [3.8, 4) is 0 Å². The van der Waals surface area contributed by atoms with Crippen LogP contribution in [0.25, 0.3) is 0 Å². The molecule has 1 nitrogen and oxygen atoms in total. The van der Waals surface area contributed by atoms with Crippen LogP contribution in [0.1, 0.15) is 30.3 Å². The van der Waals surface area contributed by atoms with Crippen LogP contribution in [0.15, 0.2) is 41.9 Å². The van der Waals surface area contributed by atoms with Crippen LogP contribution in [-0.2, 0) is 6.42 Å². The van der Waals surface area contributed by atoms with Crippen LogP contribution >= 0.6 is 11.3 Å². The molecule has 0 aliphatic heterocycles. The highest BCUT2D eigenvalue weighted by Gasteiger charge is 2.18. The third-order valence-electron chi connectivity index (χ3n) is 2.87. The smallest absolute Gasteiger partial charge is 0.0961 e. The molecule has 0 saturated carbocycles. The second kappa shape index (κ2) is 5.26. The van der Waals surface area contributed by atoms with Crippen molar-refractivity contribution >= 4 is 11.3 Å². The first kappa shape index (κ1) is 11.3. The van der Waals surface area contributed by atoms with Crippen molar-refractivity contribution in [1.29, 1.82) is 0 Å². The van der Waals surface area contributed by atoms with E-state index in [-0.39, 0.29) is 0 Å². The predicted molar refractivity (Wildman–Crippen MR) is 69.8 cm³/mol. The van der Waals surface area contributed by atoms with E-state index in [9.17, 15) is 0 Å². The second-order valence-corrected chi connectivity index (χ2v) is 5.34. The molecule has 0 fully saturated rings. The molecule has 1 atom stereocenters. The molecule has 1 heterocycles. The van der Waals surface area contributed by atoms with E-state index in [0.717, 1.165) is 6.42 Å². The van der Waals surface area contributed by atoms with E-state index in [0.29, 0.717) is 11.8 Å². The lowest BCUT2D eigenvalue weighted by atomic mass is 9.90. The highest BCUT2D eigenvalue weighted by atomic mass is 32.1. The Kier molecular flexibility index (Phi) is 3.73. The van der Waals surface area contributed by atoms with Gasteiger partial charge in [0.2, 0.25) is 0 Å². The maximum atomic E-state index is 4.45. The van der Waals surface area contributed by atoms with E-state index < -0.39 is 0 Å². The third kappa shape index (κ3) is 2.70. The Morgan fingerprint density at radius 2 is 1.94 bits per heavy atom. The molecule has 84 valence electrons. The third-order valence-corrected chi connectivity index (χ3v) is 3.78. The van der Waals surface area contributed by atoms with E-state index in [2.05, 4.69) is 54.5 Å². The summed E-state index contributed by atoms with van der Waals surface area (Å²) in [6.07, 6.45) is 2.99. The molecular formula is C14H17NS. The first-order valence-electron chi connectivity index (χ1n) is 5.70. The highest BCUT2D eigenvalue weighted by molar-refractivity contribution is 7.09. The summed E-state index contributed by atoms with van der Waals surface area (Å²) in [4.78, 5) is 4.45. The number of nitrogens with zero attached hydrogens (tertiary/aromatic N) is 1. The van der Waals surface area contributed by atoms with E-state index >= 15 is 0 Å². The minimum Gasteiger partial charge on any atom is -0.249 e. The van der Waals surface area contributed by atoms with Crippen LogP contribution in [0.3, 0.4) is 0 Å². The molecule has 2 rings (SSSR count). The van der Waals surface area contributed by atoms with Gasteiger partial charge in [0.15, 0.2) is 0 Å². The number of thiazole rings is 1. The van der Waals surface area contributed by atoms with Gasteiger partial charge in [0.05, 0.1) is 5.01 Å².